The number of hydrogen-bond donors (Lipinski definition) is 1. The van der Waals surface area contributed by atoms with Gasteiger partial charge >= 0.3 is 0 Å². The number of likely N-dealkylation sites (N-methyl/N-ethyl adjacent to an activating group) is 1. The molecule has 1 unspecified atom stereocenters. The molecule has 0 saturated heterocycles. The molecule has 21 heavy (non-hydrogen) atoms. The first-order valence-corrected chi connectivity index (χ1v) is 7.58. The van der Waals surface area contributed by atoms with Gasteiger partial charge in [-0.1, -0.05) is 17.7 Å². The molecule has 0 bridgehead atoms. The molecule has 1 aromatic rings. The molecular weight excluding hydrogens is 264 g/mol. The van der Waals surface area contributed by atoms with Gasteiger partial charge in [0.2, 0.25) is 0 Å². The molecule has 120 valence electrons. The molecule has 4 nitrogen and oxygen atoms in total. The van der Waals surface area contributed by atoms with Gasteiger partial charge in [-0.25, -0.2) is 0 Å². The fourth-order valence-corrected chi connectivity index (χ4v) is 2.47. The molecule has 0 spiro atoms. The summed E-state index contributed by atoms with van der Waals surface area (Å²) < 4.78 is 10.7. The largest absolute Gasteiger partial charge is 0.496 e. The minimum Gasteiger partial charge on any atom is -0.496 e. The molecule has 0 aliphatic heterocycles. The van der Waals surface area contributed by atoms with E-state index < -0.39 is 0 Å². The summed E-state index contributed by atoms with van der Waals surface area (Å²) in [5, 5.41) is 3.42. The van der Waals surface area contributed by atoms with Gasteiger partial charge in [-0.3, -0.25) is 4.90 Å². The Kier molecular flexibility index (Phi) is 7.72. The summed E-state index contributed by atoms with van der Waals surface area (Å²) in [5.41, 5.74) is 2.46. The molecule has 1 aromatic carbocycles. The summed E-state index contributed by atoms with van der Waals surface area (Å²) in [6.45, 7) is 9.16. The van der Waals surface area contributed by atoms with E-state index in [9.17, 15) is 0 Å². The van der Waals surface area contributed by atoms with Crippen molar-refractivity contribution in [3.63, 3.8) is 0 Å². The Morgan fingerprint density at radius 3 is 2.48 bits per heavy atom. The minimum absolute atomic E-state index is 0.235. The lowest BCUT2D eigenvalue weighted by Gasteiger charge is -2.31. The molecule has 0 aromatic heterocycles. The van der Waals surface area contributed by atoms with Gasteiger partial charge in [0.05, 0.1) is 13.7 Å². The third-order valence-electron chi connectivity index (χ3n) is 3.84. The molecule has 0 fully saturated rings. The highest BCUT2D eigenvalue weighted by atomic mass is 16.5. The SMILES string of the molecule is CNC(CN(CCOC)C(C)C)c1cc(C)ccc1OC. The van der Waals surface area contributed by atoms with Gasteiger partial charge < -0.3 is 14.8 Å². The van der Waals surface area contributed by atoms with Gasteiger partial charge in [0, 0.05) is 37.8 Å². The highest BCUT2D eigenvalue weighted by Crippen LogP contribution is 2.27. The minimum atomic E-state index is 0.235. The maximum absolute atomic E-state index is 5.52. The normalized spacial score (nSPS) is 13.0. The number of methoxy groups -OCH3 is 2. The second-order valence-electron chi connectivity index (χ2n) is 5.67. The summed E-state index contributed by atoms with van der Waals surface area (Å²) >= 11 is 0. The fourth-order valence-electron chi connectivity index (χ4n) is 2.47. The van der Waals surface area contributed by atoms with Crippen molar-refractivity contribution in [2.24, 2.45) is 0 Å². The van der Waals surface area contributed by atoms with Crippen LogP contribution in [0.5, 0.6) is 5.75 Å². The molecule has 0 radical (unpaired) electrons. The third-order valence-corrected chi connectivity index (χ3v) is 3.84. The van der Waals surface area contributed by atoms with Crippen LogP contribution in [0.1, 0.15) is 31.0 Å². The van der Waals surface area contributed by atoms with Crippen LogP contribution in [-0.2, 0) is 4.74 Å². The van der Waals surface area contributed by atoms with Crippen molar-refractivity contribution in [2.45, 2.75) is 32.9 Å². The van der Waals surface area contributed by atoms with Crippen LogP contribution in [0, 0.1) is 6.92 Å². The van der Waals surface area contributed by atoms with Crippen LogP contribution in [0.2, 0.25) is 0 Å². The Balaban J connectivity index is 2.93. The van der Waals surface area contributed by atoms with Crippen LogP contribution in [-0.4, -0.2) is 51.9 Å². The Bertz CT molecular complexity index is 421. The lowest BCUT2D eigenvalue weighted by Crippen LogP contribution is -2.40. The highest BCUT2D eigenvalue weighted by molar-refractivity contribution is 5.39. The first-order valence-electron chi connectivity index (χ1n) is 7.58. The van der Waals surface area contributed by atoms with E-state index in [1.807, 2.05) is 13.1 Å². The van der Waals surface area contributed by atoms with Gasteiger partial charge in [-0.05, 0) is 33.9 Å². The summed E-state index contributed by atoms with van der Waals surface area (Å²) in [4.78, 5) is 2.42. The average molecular weight is 294 g/mol. The van der Waals surface area contributed by atoms with Crippen LogP contribution in [0.25, 0.3) is 0 Å². The van der Waals surface area contributed by atoms with Crippen molar-refractivity contribution >= 4 is 0 Å². The predicted octanol–water partition coefficient (Wildman–Crippen LogP) is 2.62. The second kappa shape index (κ2) is 9.03. The van der Waals surface area contributed by atoms with Gasteiger partial charge in [-0.15, -0.1) is 0 Å². The molecule has 0 aliphatic rings. The van der Waals surface area contributed by atoms with Gasteiger partial charge in [0.25, 0.3) is 0 Å². The number of aryl methyl sites for hydroxylation is 1. The number of nitrogens with one attached hydrogen (secondary N) is 1. The summed E-state index contributed by atoms with van der Waals surface area (Å²) in [6, 6.07) is 7.05. The molecule has 1 atom stereocenters. The lowest BCUT2D eigenvalue weighted by atomic mass is 10.0. The quantitative estimate of drug-likeness (QED) is 0.759. The van der Waals surface area contributed by atoms with E-state index in [0.717, 1.165) is 25.4 Å². The standard InChI is InChI=1S/C17H30N2O2/c1-13(2)19(9-10-20-5)12-16(18-4)15-11-14(3)7-8-17(15)21-6/h7-8,11,13,16,18H,9-10,12H2,1-6H3. The van der Waals surface area contributed by atoms with E-state index in [0.29, 0.717) is 6.04 Å². The Morgan fingerprint density at radius 2 is 1.95 bits per heavy atom. The number of ether oxygens (including phenoxy) is 2. The molecule has 1 rings (SSSR count). The number of hydrogen-bond acceptors (Lipinski definition) is 4. The maximum atomic E-state index is 5.52. The molecule has 0 amide bonds. The lowest BCUT2D eigenvalue weighted by molar-refractivity contribution is 0.121. The summed E-state index contributed by atoms with van der Waals surface area (Å²) in [6.07, 6.45) is 0. The van der Waals surface area contributed by atoms with Crippen LogP contribution >= 0.6 is 0 Å². The number of nitrogens with zero attached hydrogens (tertiary/aromatic N) is 1. The zero-order valence-corrected chi connectivity index (χ0v) is 14.3. The van der Waals surface area contributed by atoms with Crippen molar-refractivity contribution < 1.29 is 9.47 Å². The highest BCUT2D eigenvalue weighted by Gasteiger charge is 2.19. The van der Waals surface area contributed by atoms with Crippen molar-refractivity contribution in [1.82, 2.24) is 10.2 Å². The Morgan fingerprint density at radius 1 is 1.24 bits per heavy atom. The van der Waals surface area contributed by atoms with E-state index in [2.05, 4.69) is 43.1 Å². The number of benzene rings is 1. The Labute approximate surface area is 129 Å². The van der Waals surface area contributed by atoms with Gasteiger partial charge in [-0.2, -0.15) is 0 Å². The van der Waals surface area contributed by atoms with Gasteiger partial charge in [0.1, 0.15) is 5.75 Å². The fraction of sp³-hybridized carbons (Fsp3) is 0.647. The second-order valence-corrected chi connectivity index (χ2v) is 5.67. The maximum Gasteiger partial charge on any atom is 0.123 e. The van der Waals surface area contributed by atoms with Crippen molar-refractivity contribution in [3.8, 4) is 5.75 Å². The van der Waals surface area contributed by atoms with Crippen LogP contribution in [0.4, 0.5) is 0 Å². The van der Waals surface area contributed by atoms with E-state index in [-0.39, 0.29) is 6.04 Å². The van der Waals surface area contributed by atoms with Crippen LogP contribution in [0.3, 0.4) is 0 Å². The van der Waals surface area contributed by atoms with E-state index in [4.69, 9.17) is 9.47 Å². The third kappa shape index (κ3) is 5.30. The topological polar surface area (TPSA) is 33.7 Å². The molecule has 0 heterocycles. The monoisotopic (exact) mass is 294 g/mol. The molecular formula is C17H30N2O2. The number of rotatable bonds is 9. The first-order chi connectivity index (χ1) is 10.0. The summed E-state index contributed by atoms with van der Waals surface area (Å²) in [5.74, 6) is 0.940. The van der Waals surface area contributed by atoms with E-state index in [1.54, 1.807) is 14.2 Å². The van der Waals surface area contributed by atoms with Crippen molar-refractivity contribution in [1.29, 1.82) is 0 Å². The van der Waals surface area contributed by atoms with E-state index in [1.165, 1.54) is 11.1 Å². The molecule has 0 saturated carbocycles. The van der Waals surface area contributed by atoms with Crippen LogP contribution < -0.4 is 10.1 Å². The van der Waals surface area contributed by atoms with Crippen molar-refractivity contribution in [3.05, 3.63) is 29.3 Å². The van der Waals surface area contributed by atoms with Crippen LogP contribution in [0.15, 0.2) is 18.2 Å². The molecule has 4 heteroatoms. The predicted molar refractivity (Wildman–Crippen MR) is 88.1 cm³/mol. The smallest absolute Gasteiger partial charge is 0.123 e. The molecule has 0 aliphatic carbocycles. The zero-order valence-electron chi connectivity index (χ0n) is 14.3. The van der Waals surface area contributed by atoms with E-state index >= 15 is 0 Å². The molecule has 1 N–H and O–H groups in total. The summed E-state index contributed by atoms with van der Waals surface area (Å²) in [7, 11) is 5.48. The Hall–Kier alpha value is -1.10. The van der Waals surface area contributed by atoms with Crippen molar-refractivity contribution in [2.75, 3.05) is 41.0 Å². The first kappa shape index (κ1) is 18.0. The zero-order chi connectivity index (χ0) is 15.8. The average Bonchev–Trinajstić information content (AvgIpc) is 2.47. The van der Waals surface area contributed by atoms with Gasteiger partial charge in [0.15, 0.2) is 0 Å².